The Morgan fingerprint density at radius 3 is 2.36 bits per heavy atom. The second-order valence-electron chi connectivity index (χ2n) is 6.61. The maximum Gasteiger partial charge on any atom is 0.329 e. The fourth-order valence-corrected chi connectivity index (χ4v) is 3.39. The molecular weight excluding hydrogens is 320 g/mol. The van der Waals surface area contributed by atoms with Gasteiger partial charge in [0.1, 0.15) is 5.54 Å². The Balaban J connectivity index is 1.82. The summed E-state index contributed by atoms with van der Waals surface area (Å²) in [7, 11) is 1.56. The van der Waals surface area contributed by atoms with Gasteiger partial charge in [0.05, 0.1) is 6.42 Å². The number of benzene rings is 1. The molecule has 6 nitrogen and oxygen atoms in total. The molecule has 0 saturated heterocycles. The van der Waals surface area contributed by atoms with Gasteiger partial charge >= 0.3 is 5.97 Å². The van der Waals surface area contributed by atoms with Gasteiger partial charge in [0.2, 0.25) is 11.8 Å². The Kier molecular flexibility index (Phi) is 6.56. The summed E-state index contributed by atoms with van der Waals surface area (Å²) in [4.78, 5) is 37.4. The average molecular weight is 346 g/mol. The smallest absolute Gasteiger partial charge is 0.329 e. The van der Waals surface area contributed by atoms with Crippen molar-refractivity contribution in [3.05, 3.63) is 35.9 Å². The lowest BCUT2D eigenvalue weighted by Crippen LogP contribution is -2.56. The molecule has 1 aliphatic rings. The minimum atomic E-state index is -1.09. The van der Waals surface area contributed by atoms with Crippen molar-refractivity contribution < 1.29 is 19.5 Å². The molecule has 0 aromatic heterocycles. The van der Waals surface area contributed by atoms with Gasteiger partial charge in [-0.2, -0.15) is 0 Å². The zero-order valence-corrected chi connectivity index (χ0v) is 14.7. The third kappa shape index (κ3) is 4.81. The van der Waals surface area contributed by atoms with E-state index < -0.39 is 11.5 Å². The van der Waals surface area contributed by atoms with Gasteiger partial charge in [0.15, 0.2) is 0 Å². The van der Waals surface area contributed by atoms with Crippen LogP contribution in [-0.4, -0.2) is 46.9 Å². The molecule has 0 heterocycles. The molecule has 0 spiro atoms. The number of carboxylic acids is 1. The van der Waals surface area contributed by atoms with Gasteiger partial charge < -0.3 is 15.3 Å². The predicted molar refractivity (Wildman–Crippen MR) is 94.0 cm³/mol. The van der Waals surface area contributed by atoms with Crippen LogP contribution in [0.25, 0.3) is 0 Å². The van der Waals surface area contributed by atoms with Gasteiger partial charge in [-0.15, -0.1) is 0 Å². The number of rotatable bonds is 7. The van der Waals surface area contributed by atoms with E-state index in [0.717, 1.165) is 24.8 Å². The lowest BCUT2D eigenvalue weighted by Gasteiger charge is -2.41. The molecule has 0 aliphatic heterocycles. The second-order valence-corrected chi connectivity index (χ2v) is 6.61. The van der Waals surface area contributed by atoms with Gasteiger partial charge in [-0.05, 0) is 18.4 Å². The molecule has 0 bridgehead atoms. The van der Waals surface area contributed by atoms with Gasteiger partial charge in [0.25, 0.3) is 0 Å². The topological polar surface area (TPSA) is 86.7 Å². The summed E-state index contributed by atoms with van der Waals surface area (Å²) in [5, 5.41) is 12.3. The van der Waals surface area contributed by atoms with Crippen LogP contribution in [0.5, 0.6) is 0 Å². The first-order valence-electron chi connectivity index (χ1n) is 8.76. The largest absolute Gasteiger partial charge is 0.479 e. The highest BCUT2D eigenvalue weighted by Gasteiger charge is 2.45. The molecule has 0 radical (unpaired) electrons. The lowest BCUT2D eigenvalue weighted by molar-refractivity contribution is -0.160. The van der Waals surface area contributed by atoms with Crippen LogP contribution < -0.4 is 5.32 Å². The van der Waals surface area contributed by atoms with Gasteiger partial charge in [-0.1, -0.05) is 49.6 Å². The maximum atomic E-state index is 12.4. The fourth-order valence-electron chi connectivity index (χ4n) is 3.39. The van der Waals surface area contributed by atoms with Gasteiger partial charge in [-0.25, -0.2) is 4.79 Å². The number of likely N-dealkylation sites (N-methyl/N-ethyl adjacent to an activating group) is 1. The monoisotopic (exact) mass is 346 g/mol. The molecule has 2 rings (SSSR count). The molecule has 6 heteroatoms. The summed E-state index contributed by atoms with van der Waals surface area (Å²) < 4.78 is 0. The number of nitrogens with one attached hydrogen (secondary N) is 1. The third-order valence-corrected chi connectivity index (χ3v) is 4.96. The van der Waals surface area contributed by atoms with Crippen molar-refractivity contribution in [1.82, 2.24) is 10.2 Å². The number of carbonyl (C=O) groups excluding carboxylic acids is 2. The predicted octanol–water partition coefficient (Wildman–Crippen LogP) is 1.98. The van der Waals surface area contributed by atoms with E-state index >= 15 is 0 Å². The SMILES string of the molecule is CN(C(=O)CCNC(=O)Cc1ccccc1)C1(C(=O)O)CCCCC1. The van der Waals surface area contributed by atoms with Gasteiger partial charge in [-0.3, -0.25) is 9.59 Å². The zero-order chi connectivity index (χ0) is 18.3. The quantitative estimate of drug-likeness (QED) is 0.790. The summed E-state index contributed by atoms with van der Waals surface area (Å²) in [6, 6.07) is 9.38. The average Bonchev–Trinajstić information content (AvgIpc) is 2.62. The summed E-state index contributed by atoms with van der Waals surface area (Å²) in [5.74, 6) is -1.33. The minimum Gasteiger partial charge on any atom is -0.479 e. The summed E-state index contributed by atoms with van der Waals surface area (Å²) in [6.07, 6.45) is 3.99. The van der Waals surface area contributed by atoms with Crippen LogP contribution in [0.4, 0.5) is 0 Å². The number of nitrogens with zero attached hydrogens (tertiary/aromatic N) is 1. The number of carbonyl (C=O) groups is 3. The first-order chi connectivity index (χ1) is 12.0. The summed E-state index contributed by atoms with van der Waals surface area (Å²) in [5.41, 5.74) is -0.181. The number of carboxylic acid groups (broad SMARTS) is 1. The molecule has 1 aliphatic carbocycles. The Morgan fingerprint density at radius 1 is 1.12 bits per heavy atom. The Bertz CT molecular complexity index is 609. The van der Waals surface area contributed by atoms with Crippen LogP contribution in [0.3, 0.4) is 0 Å². The highest BCUT2D eigenvalue weighted by atomic mass is 16.4. The molecule has 136 valence electrons. The normalized spacial score (nSPS) is 16.0. The molecule has 2 N–H and O–H groups in total. The van der Waals surface area contributed by atoms with E-state index in [0.29, 0.717) is 12.8 Å². The van der Waals surface area contributed by atoms with Crippen LogP contribution in [0, 0.1) is 0 Å². The summed E-state index contributed by atoms with van der Waals surface area (Å²) >= 11 is 0. The Hall–Kier alpha value is -2.37. The van der Waals surface area contributed by atoms with Gasteiger partial charge in [0, 0.05) is 20.0 Å². The molecule has 1 saturated carbocycles. The lowest BCUT2D eigenvalue weighted by atomic mass is 9.80. The van der Waals surface area contributed by atoms with Crippen molar-refractivity contribution >= 4 is 17.8 Å². The molecule has 25 heavy (non-hydrogen) atoms. The van der Waals surface area contributed by atoms with E-state index in [1.54, 1.807) is 7.05 Å². The van der Waals surface area contributed by atoms with Crippen LogP contribution in [0.2, 0.25) is 0 Å². The second kappa shape index (κ2) is 8.65. The van der Waals surface area contributed by atoms with Crippen molar-refractivity contribution in [2.24, 2.45) is 0 Å². The molecule has 1 aromatic rings. The molecule has 2 amide bonds. The van der Waals surface area contributed by atoms with Crippen LogP contribution in [-0.2, 0) is 20.8 Å². The first-order valence-corrected chi connectivity index (χ1v) is 8.76. The van der Waals surface area contributed by atoms with Crippen LogP contribution >= 0.6 is 0 Å². The first kappa shape index (κ1) is 19.0. The summed E-state index contributed by atoms with van der Waals surface area (Å²) in [6.45, 7) is 0.213. The van der Waals surface area contributed by atoms with Crippen LogP contribution in [0.1, 0.15) is 44.1 Å². The van der Waals surface area contributed by atoms with E-state index in [-0.39, 0.29) is 31.2 Å². The number of aliphatic carboxylic acids is 1. The number of hydrogen-bond acceptors (Lipinski definition) is 3. The highest BCUT2D eigenvalue weighted by Crippen LogP contribution is 2.33. The van der Waals surface area contributed by atoms with Crippen molar-refractivity contribution in [2.75, 3.05) is 13.6 Å². The standard InChI is InChI=1S/C19H26N2O4/c1-21(19(18(24)25)11-6-3-7-12-19)17(23)10-13-20-16(22)14-15-8-4-2-5-9-15/h2,4-5,8-9H,3,6-7,10-14H2,1H3,(H,20,22)(H,24,25). The van der Waals surface area contributed by atoms with E-state index in [4.69, 9.17) is 0 Å². The highest BCUT2D eigenvalue weighted by molar-refractivity contribution is 5.87. The van der Waals surface area contributed by atoms with E-state index in [1.165, 1.54) is 4.90 Å². The maximum absolute atomic E-state index is 12.4. The Morgan fingerprint density at radius 2 is 1.76 bits per heavy atom. The number of hydrogen-bond donors (Lipinski definition) is 2. The van der Waals surface area contributed by atoms with Crippen molar-refractivity contribution in [2.45, 2.75) is 50.5 Å². The van der Waals surface area contributed by atoms with Crippen molar-refractivity contribution in [1.29, 1.82) is 0 Å². The minimum absolute atomic E-state index is 0.103. The van der Waals surface area contributed by atoms with E-state index in [1.807, 2.05) is 30.3 Å². The van der Waals surface area contributed by atoms with Crippen molar-refractivity contribution in [3.63, 3.8) is 0 Å². The van der Waals surface area contributed by atoms with Crippen molar-refractivity contribution in [3.8, 4) is 0 Å². The number of amides is 2. The molecule has 0 atom stereocenters. The van der Waals surface area contributed by atoms with E-state index in [2.05, 4.69) is 5.32 Å². The van der Waals surface area contributed by atoms with E-state index in [9.17, 15) is 19.5 Å². The van der Waals surface area contributed by atoms with Crippen LogP contribution in [0.15, 0.2) is 30.3 Å². The fraction of sp³-hybridized carbons (Fsp3) is 0.526. The molecular formula is C19H26N2O4. The zero-order valence-electron chi connectivity index (χ0n) is 14.7. The Labute approximate surface area is 148 Å². The molecule has 1 aromatic carbocycles. The third-order valence-electron chi connectivity index (χ3n) is 4.96. The molecule has 1 fully saturated rings. The molecule has 0 unspecified atom stereocenters.